The third kappa shape index (κ3) is 7.49. The molecule has 2 rings (SSSR count). The summed E-state index contributed by atoms with van der Waals surface area (Å²) >= 11 is 0. The highest BCUT2D eigenvalue weighted by molar-refractivity contribution is 5.85. The van der Waals surface area contributed by atoms with Gasteiger partial charge in [0.05, 0.1) is 6.04 Å². The van der Waals surface area contributed by atoms with Crippen molar-refractivity contribution >= 4 is 30.7 Å². The van der Waals surface area contributed by atoms with Crippen molar-refractivity contribution in [3.05, 3.63) is 0 Å². The van der Waals surface area contributed by atoms with Gasteiger partial charge < -0.3 is 10.6 Å². The number of likely N-dealkylation sites (tertiary alicyclic amines) is 1. The van der Waals surface area contributed by atoms with E-state index in [2.05, 4.69) is 22.5 Å². The standard InChI is InChI=1S/C16H31N3O.2ClH/c1-14(19-11-4-2-3-5-12-19)16(20)18-10-8-15-7-6-9-17-13-15;;/h14-15,17H,2-13H2,1H3,(H,18,20);2*1H. The summed E-state index contributed by atoms with van der Waals surface area (Å²) in [6, 6.07) is 0.0394. The normalized spacial score (nSPS) is 24.3. The molecule has 6 heteroatoms. The first kappa shape index (κ1) is 22.0. The van der Waals surface area contributed by atoms with E-state index >= 15 is 0 Å². The van der Waals surface area contributed by atoms with E-state index in [0.717, 1.165) is 45.1 Å². The van der Waals surface area contributed by atoms with Gasteiger partial charge in [-0.25, -0.2) is 0 Å². The lowest BCUT2D eigenvalue weighted by Crippen LogP contribution is -2.46. The van der Waals surface area contributed by atoms with E-state index in [-0.39, 0.29) is 36.8 Å². The number of carbonyl (C=O) groups is 1. The van der Waals surface area contributed by atoms with Gasteiger partial charge in [-0.3, -0.25) is 9.69 Å². The van der Waals surface area contributed by atoms with Crippen LogP contribution in [0.3, 0.4) is 0 Å². The number of amides is 1. The van der Waals surface area contributed by atoms with Crippen molar-refractivity contribution in [1.29, 1.82) is 0 Å². The number of hydrogen-bond acceptors (Lipinski definition) is 3. The third-order valence-electron chi connectivity index (χ3n) is 4.82. The van der Waals surface area contributed by atoms with Crippen molar-refractivity contribution in [1.82, 2.24) is 15.5 Å². The van der Waals surface area contributed by atoms with Gasteiger partial charge in [-0.1, -0.05) is 12.8 Å². The summed E-state index contributed by atoms with van der Waals surface area (Å²) < 4.78 is 0. The van der Waals surface area contributed by atoms with Gasteiger partial charge in [-0.2, -0.15) is 0 Å². The molecule has 22 heavy (non-hydrogen) atoms. The summed E-state index contributed by atoms with van der Waals surface area (Å²) in [7, 11) is 0. The molecule has 0 saturated carbocycles. The second kappa shape index (κ2) is 12.4. The quantitative estimate of drug-likeness (QED) is 0.798. The molecule has 0 aliphatic carbocycles. The number of hydrogen-bond donors (Lipinski definition) is 2. The van der Waals surface area contributed by atoms with Crippen molar-refractivity contribution in [2.75, 3.05) is 32.7 Å². The van der Waals surface area contributed by atoms with Crippen molar-refractivity contribution in [3.8, 4) is 0 Å². The Morgan fingerprint density at radius 3 is 2.45 bits per heavy atom. The van der Waals surface area contributed by atoms with Crippen molar-refractivity contribution in [3.63, 3.8) is 0 Å². The van der Waals surface area contributed by atoms with Crippen LogP contribution in [0, 0.1) is 5.92 Å². The van der Waals surface area contributed by atoms with Crippen LogP contribution in [0.5, 0.6) is 0 Å². The molecule has 0 bridgehead atoms. The molecule has 2 fully saturated rings. The Balaban J connectivity index is 0.00000220. The van der Waals surface area contributed by atoms with Crippen molar-refractivity contribution < 1.29 is 4.79 Å². The van der Waals surface area contributed by atoms with Gasteiger partial charge in [0.25, 0.3) is 0 Å². The van der Waals surface area contributed by atoms with Crippen LogP contribution in [0.15, 0.2) is 0 Å². The van der Waals surface area contributed by atoms with Gasteiger partial charge in [-0.15, -0.1) is 24.8 Å². The molecule has 2 heterocycles. The van der Waals surface area contributed by atoms with E-state index < -0.39 is 0 Å². The molecule has 2 aliphatic heterocycles. The fourth-order valence-corrected chi connectivity index (χ4v) is 3.37. The number of halogens is 2. The average Bonchev–Trinajstić information content (AvgIpc) is 2.76. The molecular weight excluding hydrogens is 321 g/mol. The molecule has 2 aliphatic rings. The minimum absolute atomic E-state index is 0. The number of nitrogens with one attached hydrogen (secondary N) is 2. The van der Waals surface area contributed by atoms with Crippen LogP contribution in [0.4, 0.5) is 0 Å². The predicted molar refractivity (Wildman–Crippen MR) is 97.2 cm³/mol. The summed E-state index contributed by atoms with van der Waals surface area (Å²) in [5.41, 5.74) is 0. The Bertz CT molecular complexity index is 291. The first-order valence-electron chi connectivity index (χ1n) is 8.50. The van der Waals surface area contributed by atoms with Crippen molar-refractivity contribution in [2.24, 2.45) is 5.92 Å². The van der Waals surface area contributed by atoms with Crippen LogP contribution in [0.1, 0.15) is 51.9 Å². The highest BCUT2D eigenvalue weighted by Crippen LogP contribution is 2.14. The smallest absolute Gasteiger partial charge is 0.237 e. The van der Waals surface area contributed by atoms with Gasteiger partial charge in [0.2, 0.25) is 5.91 Å². The molecule has 1 amide bonds. The summed E-state index contributed by atoms with van der Waals surface area (Å²) in [6.07, 6.45) is 8.83. The monoisotopic (exact) mass is 353 g/mol. The van der Waals surface area contributed by atoms with E-state index in [4.69, 9.17) is 0 Å². The second-order valence-electron chi connectivity index (χ2n) is 6.42. The molecule has 2 N–H and O–H groups in total. The van der Waals surface area contributed by atoms with E-state index in [9.17, 15) is 4.79 Å². The number of nitrogens with zero attached hydrogens (tertiary/aromatic N) is 1. The van der Waals surface area contributed by atoms with Crippen LogP contribution in [0.2, 0.25) is 0 Å². The van der Waals surface area contributed by atoms with Gasteiger partial charge in [-0.05, 0) is 71.1 Å². The topological polar surface area (TPSA) is 44.4 Å². The lowest BCUT2D eigenvalue weighted by molar-refractivity contribution is -0.125. The number of carbonyl (C=O) groups excluding carboxylic acids is 1. The average molecular weight is 354 g/mol. The van der Waals surface area contributed by atoms with Gasteiger partial charge in [0.15, 0.2) is 0 Å². The zero-order valence-corrected chi connectivity index (χ0v) is 15.4. The maximum atomic E-state index is 12.2. The highest BCUT2D eigenvalue weighted by atomic mass is 35.5. The molecule has 0 aromatic heterocycles. The van der Waals surface area contributed by atoms with E-state index in [0.29, 0.717) is 0 Å². The van der Waals surface area contributed by atoms with Crippen LogP contribution in [-0.4, -0.2) is 49.6 Å². The molecule has 2 saturated heterocycles. The Labute approximate surface area is 148 Å². The molecule has 0 spiro atoms. The van der Waals surface area contributed by atoms with E-state index in [1.165, 1.54) is 38.5 Å². The molecule has 2 unspecified atom stereocenters. The molecule has 2 atom stereocenters. The van der Waals surface area contributed by atoms with E-state index in [1.807, 2.05) is 0 Å². The summed E-state index contributed by atoms with van der Waals surface area (Å²) in [5.74, 6) is 0.966. The zero-order valence-electron chi connectivity index (χ0n) is 13.8. The van der Waals surface area contributed by atoms with Gasteiger partial charge >= 0.3 is 0 Å². The molecule has 0 aromatic rings. The van der Waals surface area contributed by atoms with Crippen LogP contribution >= 0.6 is 24.8 Å². The Hall–Kier alpha value is -0.0300. The van der Waals surface area contributed by atoms with Crippen LogP contribution in [-0.2, 0) is 4.79 Å². The molecule has 132 valence electrons. The molecule has 0 radical (unpaired) electrons. The predicted octanol–water partition coefficient (Wildman–Crippen LogP) is 2.60. The number of rotatable bonds is 5. The lowest BCUT2D eigenvalue weighted by Gasteiger charge is -2.27. The fourth-order valence-electron chi connectivity index (χ4n) is 3.37. The Morgan fingerprint density at radius 2 is 1.86 bits per heavy atom. The highest BCUT2D eigenvalue weighted by Gasteiger charge is 2.22. The van der Waals surface area contributed by atoms with Crippen LogP contribution in [0.25, 0.3) is 0 Å². The zero-order chi connectivity index (χ0) is 14.2. The largest absolute Gasteiger partial charge is 0.355 e. The second-order valence-corrected chi connectivity index (χ2v) is 6.42. The Morgan fingerprint density at radius 1 is 1.18 bits per heavy atom. The van der Waals surface area contributed by atoms with Crippen LogP contribution < -0.4 is 10.6 Å². The fraction of sp³-hybridized carbons (Fsp3) is 0.938. The summed E-state index contributed by atoms with van der Waals surface area (Å²) in [6.45, 7) is 7.35. The van der Waals surface area contributed by atoms with Gasteiger partial charge in [0.1, 0.15) is 0 Å². The molecular formula is C16H33Cl2N3O. The summed E-state index contributed by atoms with van der Waals surface area (Å²) in [5, 5.41) is 6.57. The van der Waals surface area contributed by atoms with Gasteiger partial charge in [0, 0.05) is 6.54 Å². The minimum Gasteiger partial charge on any atom is -0.355 e. The maximum absolute atomic E-state index is 12.2. The first-order chi connectivity index (χ1) is 9.77. The first-order valence-corrected chi connectivity index (χ1v) is 8.50. The molecule has 4 nitrogen and oxygen atoms in total. The van der Waals surface area contributed by atoms with E-state index in [1.54, 1.807) is 0 Å². The minimum atomic E-state index is 0. The summed E-state index contributed by atoms with van der Waals surface area (Å²) in [4.78, 5) is 14.6. The maximum Gasteiger partial charge on any atom is 0.237 e. The number of piperidine rings is 1. The SMILES string of the molecule is CC(C(=O)NCCC1CCCNC1)N1CCCCCC1.Cl.Cl. The molecule has 0 aromatic carbocycles. The Kier molecular flexibility index (Phi) is 12.4. The lowest BCUT2D eigenvalue weighted by atomic mass is 9.96. The van der Waals surface area contributed by atoms with Crippen molar-refractivity contribution in [2.45, 2.75) is 57.9 Å². The third-order valence-corrected chi connectivity index (χ3v) is 4.82.